The van der Waals surface area contributed by atoms with E-state index in [9.17, 15) is 4.79 Å². The van der Waals surface area contributed by atoms with E-state index in [1.807, 2.05) is 0 Å². The average Bonchev–Trinajstić information content (AvgIpc) is 2.21. The predicted octanol–water partition coefficient (Wildman–Crippen LogP) is 1.16. The van der Waals surface area contributed by atoms with Gasteiger partial charge in [-0.1, -0.05) is 20.8 Å². The van der Waals surface area contributed by atoms with Crippen molar-refractivity contribution in [1.29, 1.82) is 0 Å². The van der Waals surface area contributed by atoms with E-state index >= 15 is 0 Å². The fourth-order valence-electron chi connectivity index (χ4n) is 1.70. The summed E-state index contributed by atoms with van der Waals surface area (Å²) in [6.45, 7) is 9.31. The first-order valence-corrected chi connectivity index (χ1v) is 6.23. The summed E-state index contributed by atoms with van der Waals surface area (Å²) >= 11 is 0. The predicted molar refractivity (Wildman–Crippen MR) is 72.8 cm³/mol. The second-order valence-electron chi connectivity index (χ2n) is 6.09. The van der Waals surface area contributed by atoms with Crippen LogP contribution in [0.1, 0.15) is 34.1 Å². The van der Waals surface area contributed by atoms with Gasteiger partial charge in [-0.05, 0) is 19.4 Å². The van der Waals surface area contributed by atoms with E-state index in [0.717, 1.165) is 0 Å². The second-order valence-corrected chi connectivity index (χ2v) is 6.09. The number of carbonyl (C=O) groups is 1. The van der Waals surface area contributed by atoms with Crippen LogP contribution in [0.2, 0.25) is 0 Å². The molecule has 0 aliphatic rings. The molecule has 4 nitrogen and oxygen atoms in total. The molecular formula is C13H29N3O. The van der Waals surface area contributed by atoms with Crippen molar-refractivity contribution in [1.82, 2.24) is 9.80 Å². The Balaban J connectivity index is 4.61. The summed E-state index contributed by atoms with van der Waals surface area (Å²) in [4.78, 5) is 15.6. The minimum atomic E-state index is 0.110. The molecular weight excluding hydrogens is 214 g/mol. The Morgan fingerprint density at radius 3 is 2.00 bits per heavy atom. The Bertz CT molecular complexity index is 246. The number of hydrogen-bond acceptors (Lipinski definition) is 3. The summed E-state index contributed by atoms with van der Waals surface area (Å²) in [5.41, 5.74) is 5.97. The van der Waals surface area contributed by atoms with Gasteiger partial charge in [-0.3, -0.25) is 9.69 Å². The van der Waals surface area contributed by atoms with Crippen molar-refractivity contribution >= 4 is 5.91 Å². The molecule has 0 aliphatic carbocycles. The molecule has 102 valence electrons. The first-order chi connectivity index (χ1) is 7.61. The van der Waals surface area contributed by atoms with Gasteiger partial charge in [-0.25, -0.2) is 0 Å². The number of nitrogens with zero attached hydrogens (tertiary/aromatic N) is 2. The fraction of sp³-hybridized carbons (Fsp3) is 0.923. The number of carbonyl (C=O) groups excluding carboxylic acids is 1. The summed E-state index contributed by atoms with van der Waals surface area (Å²) in [7, 11) is 5.61. The van der Waals surface area contributed by atoms with Crippen molar-refractivity contribution in [3.05, 3.63) is 0 Å². The topological polar surface area (TPSA) is 49.6 Å². The van der Waals surface area contributed by atoms with Gasteiger partial charge in [0.25, 0.3) is 0 Å². The molecule has 17 heavy (non-hydrogen) atoms. The summed E-state index contributed by atoms with van der Waals surface area (Å²) in [6, 6.07) is 0.491. The zero-order chi connectivity index (χ0) is 13.8. The van der Waals surface area contributed by atoms with Crippen LogP contribution >= 0.6 is 0 Å². The first-order valence-electron chi connectivity index (χ1n) is 6.23. The third kappa shape index (κ3) is 5.04. The molecule has 0 radical (unpaired) electrons. The SMILES string of the molecule is CC(N(C)C(CN)CC(=O)N(C)C)C(C)(C)C. The number of likely N-dealkylation sites (N-methyl/N-ethyl adjacent to an activating group) is 1. The maximum absolute atomic E-state index is 11.7. The highest BCUT2D eigenvalue weighted by Gasteiger charge is 2.29. The van der Waals surface area contributed by atoms with E-state index in [1.54, 1.807) is 19.0 Å². The zero-order valence-electron chi connectivity index (χ0n) is 12.4. The maximum Gasteiger partial charge on any atom is 0.223 e. The lowest BCUT2D eigenvalue weighted by Gasteiger charge is -2.40. The van der Waals surface area contributed by atoms with Crippen molar-refractivity contribution in [2.45, 2.75) is 46.2 Å². The Kier molecular flexibility index (Phi) is 6.13. The standard InChI is InChI=1S/C13H29N3O/c1-10(13(2,3)4)16(7)11(9-14)8-12(17)15(5)6/h10-11H,8-9,14H2,1-7H3. The molecule has 0 fully saturated rings. The van der Waals surface area contributed by atoms with Crippen LogP contribution in [0.3, 0.4) is 0 Å². The monoisotopic (exact) mass is 243 g/mol. The summed E-state index contributed by atoms with van der Waals surface area (Å²) < 4.78 is 0. The lowest BCUT2D eigenvalue weighted by molar-refractivity contribution is -0.130. The van der Waals surface area contributed by atoms with Gasteiger partial charge in [0, 0.05) is 39.1 Å². The molecule has 1 amide bonds. The number of hydrogen-bond donors (Lipinski definition) is 1. The molecule has 0 aliphatic heterocycles. The normalized spacial score (nSPS) is 15.8. The van der Waals surface area contributed by atoms with Crippen LogP contribution in [-0.2, 0) is 4.79 Å². The van der Waals surface area contributed by atoms with Crippen LogP contribution < -0.4 is 5.73 Å². The van der Waals surface area contributed by atoms with Crippen molar-refractivity contribution in [2.24, 2.45) is 11.1 Å². The van der Waals surface area contributed by atoms with Crippen LogP contribution in [-0.4, -0.2) is 55.5 Å². The van der Waals surface area contributed by atoms with Crippen LogP contribution in [0.25, 0.3) is 0 Å². The van der Waals surface area contributed by atoms with Gasteiger partial charge in [0.05, 0.1) is 0 Å². The smallest absolute Gasteiger partial charge is 0.223 e. The van der Waals surface area contributed by atoms with Crippen LogP contribution in [0.5, 0.6) is 0 Å². The van der Waals surface area contributed by atoms with Crippen LogP contribution in [0.15, 0.2) is 0 Å². The largest absolute Gasteiger partial charge is 0.349 e. The average molecular weight is 243 g/mol. The molecule has 0 heterocycles. The Morgan fingerprint density at radius 1 is 1.24 bits per heavy atom. The number of amides is 1. The van der Waals surface area contributed by atoms with E-state index in [0.29, 0.717) is 19.0 Å². The van der Waals surface area contributed by atoms with Gasteiger partial charge < -0.3 is 10.6 Å². The minimum absolute atomic E-state index is 0.110. The fourth-order valence-corrected chi connectivity index (χ4v) is 1.70. The Labute approximate surface area is 106 Å². The molecule has 2 N–H and O–H groups in total. The molecule has 0 spiro atoms. The molecule has 0 saturated carbocycles. The molecule has 0 aromatic heterocycles. The molecule has 0 saturated heterocycles. The van der Waals surface area contributed by atoms with Crippen LogP contribution in [0.4, 0.5) is 0 Å². The van der Waals surface area contributed by atoms with E-state index in [2.05, 4.69) is 39.6 Å². The highest BCUT2D eigenvalue weighted by atomic mass is 16.2. The second kappa shape index (κ2) is 6.36. The third-order valence-electron chi connectivity index (χ3n) is 3.62. The molecule has 0 rings (SSSR count). The van der Waals surface area contributed by atoms with Crippen molar-refractivity contribution in [3.8, 4) is 0 Å². The zero-order valence-corrected chi connectivity index (χ0v) is 12.4. The molecule has 0 aromatic rings. The molecule has 2 unspecified atom stereocenters. The summed E-state index contributed by atoms with van der Waals surface area (Å²) in [5.74, 6) is 0.133. The quantitative estimate of drug-likeness (QED) is 0.788. The van der Waals surface area contributed by atoms with E-state index in [4.69, 9.17) is 5.73 Å². The lowest BCUT2D eigenvalue weighted by Crippen LogP contribution is -2.49. The number of nitrogens with two attached hydrogens (primary N) is 1. The highest BCUT2D eigenvalue weighted by Crippen LogP contribution is 2.24. The highest BCUT2D eigenvalue weighted by molar-refractivity contribution is 5.76. The summed E-state index contributed by atoms with van der Waals surface area (Å²) in [6.07, 6.45) is 0.487. The first kappa shape index (κ1) is 16.4. The Hall–Kier alpha value is -0.610. The lowest BCUT2D eigenvalue weighted by atomic mass is 9.86. The molecule has 0 bridgehead atoms. The van der Waals surface area contributed by atoms with Gasteiger partial charge in [-0.15, -0.1) is 0 Å². The van der Waals surface area contributed by atoms with Gasteiger partial charge >= 0.3 is 0 Å². The van der Waals surface area contributed by atoms with E-state index in [1.165, 1.54) is 0 Å². The summed E-state index contributed by atoms with van der Waals surface area (Å²) in [5, 5.41) is 0. The van der Waals surface area contributed by atoms with Gasteiger partial charge in [0.15, 0.2) is 0 Å². The van der Waals surface area contributed by atoms with E-state index in [-0.39, 0.29) is 17.4 Å². The van der Waals surface area contributed by atoms with Crippen LogP contribution in [0, 0.1) is 5.41 Å². The van der Waals surface area contributed by atoms with E-state index < -0.39 is 0 Å². The van der Waals surface area contributed by atoms with Gasteiger partial charge in [0.2, 0.25) is 5.91 Å². The Morgan fingerprint density at radius 2 is 1.71 bits per heavy atom. The number of rotatable bonds is 5. The van der Waals surface area contributed by atoms with Crippen molar-refractivity contribution in [3.63, 3.8) is 0 Å². The third-order valence-corrected chi connectivity index (χ3v) is 3.62. The molecule has 4 heteroatoms. The van der Waals surface area contributed by atoms with Gasteiger partial charge in [0.1, 0.15) is 0 Å². The van der Waals surface area contributed by atoms with Gasteiger partial charge in [-0.2, -0.15) is 0 Å². The van der Waals surface area contributed by atoms with Crippen molar-refractivity contribution < 1.29 is 4.79 Å². The molecule has 2 atom stereocenters. The maximum atomic E-state index is 11.7. The molecule has 0 aromatic carbocycles. The van der Waals surface area contributed by atoms with Crippen molar-refractivity contribution in [2.75, 3.05) is 27.7 Å². The minimum Gasteiger partial charge on any atom is -0.349 e.